The Balaban J connectivity index is 0.000000918. The van der Waals surface area contributed by atoms with Crippen LogP contribution in [0.4, 0.5) is 0 Å². The predicted octanol–water partition coefficient (Wildman–Crippen LogP) is 10.8. The fraction of sp³-hybridized carbons (Fsp3) is 0.806. The highest BCUT2D eigenvalue weighted by atomic mass is 32.2. The van der Waals surface area contributed by atoms with E-state index in [1.54, 1.807) is 30.6 Å². The molecule has 212 valence electrons. The van der Waals surface area contributed by atoms with Gasteiger partial charge in [-0.1, -0.05) is 135 Å². The standard InChI is InChI=1S/C24H51P.C7H8O3S/c1-4-7-10-13-16-19-22-25(23-20-17-14-11-8-5-2)24-21-18-15-12-9-6-3;1-6-2-4-7(5-3-6)11(8,9)10/h4-24H2,1-3H3;2-5H,1H3,(H,8,9,10). The molecule has 0 saturated heterocycles. The molecule has 0 aliphatic heterocycles. The maximum Gasteiger partial charge on any atom is 0.294 e. The van der Waals surface area contributed by atoms with Crippen LogP contribution in [-0.2, 0) is 10.1 Å². The molecule has 0 unspecified atom stereocenters. The number of rotatable bonds is 22. The van der Waals surface area contributed by atoms with Crippen LogP contribution in [0.15, 0.2) is 29.2 Å². The van der Waals surface area contributed by atoms with Gasteiger partial charge in [-0.05, 0) is 56.8 Å². The largest absolute Gasteiger partial charge is 0.294 e. The average molecular weight is 543 g/mol. The zero-order valence-electron chi connectivity index (χ0n) is 24.3. The molecule has 0 spiro atoms. The van der Waals surface area contributed by atoms with E-state index in [9.17, 15) is 8.42 Å². The first kappa shape index (κ1) is 35.6. The molecular weight excluding hydrogens is 483 g/mol. The van der Waals surface area contributed by atoms with Crippen molar-refractivity contribution in [1.82, 2.24) is 0 Å². The lowest BCUT2D eigenvalue weighted by Crippen LogP contribution is -1.97. The highest BCUT2D eigenvalue weighted by Gasteiger charge is 2.08. The third-order valence-electron chi connectivity index (χ3n) is 6.80. The minimum absolute atomic E-state index is 0.0666. The maximum atomic E-state index is 10.5. The predicted molar refractivity (Wildman–Crippen MR) is 163 cm³/mol. The van der Waals surface area contributed by atoms with Gasteiger partial charge in [0, 0.05) is 0 Å². The van der Waals surface area contributed by atoms with Crippen LogP contribution >= 0.6 is 7.92 Å². The Morgan fingerprint density at radius 1 is 0.556 bits per heavy atom. The van der Waals surface area contributed by atoms with Crippen LogP contribution < -0.4 is 0 Å². The molecule has 0 fully saturated rings. The van der Waals surface area contributed by atoms with Crippen LogP contribution in [0.5, 0.6) is 0 Å². The second-order valence-corrected chi connectivity index (χ2v) is 14.5. The molecule has 1 N–H and O–H groups in total. The number of benzene rings is 1. The summed E-state index contributed by atoms with van der Waals surface area (Å²) in [7, 11) is -3.65. The number of aryl methyl sites for hydroxylation is 1. The lowest BCUT2D eigenvalue weighted by molar-refractivity contribution is 0.483. The summed E-state index contributed by atoms with van der Waals surface area (Å²) in [6.07, 6.45) is 31.2. The van der Waals surface area contributed by atoms with Crippen molar-refractivity contribution in [1.29, 1.82) is 0 Å². The van der Waals surface area contributed by atoms with E-state index in [1.165, 1.54) is 128 Å². The van der Waals surface area contributed by atoms with Gasteiger partial charge < -0.3 is 0 Å². The van der Waals surface area contributed by atoms with Gasteiger partial charge in [0.1, 0.15) is 0 Å². The summed E-state index contributed by atoms with van der Waals surface area (Å²) in [5, 5.41) is 0. The fourth-order valence-electron chi connectivity index (χ4n) is 4.39. The Kier molecular flexibility index (Phi) is 24.6. The Bertz CT molecular complexity index is 650. The van der Waals surface area contributed by atoms with Crippen LogP contribution in [-0.4, -0.2) is 31.5 Å². The minimum Gasteiger partial charge on any atom is -0.282 e. The molecule has 0 heterocycles. The van der Waals surface area contributed by atoms with Crippen molar-refractivity contribution in [2.24, 2.45) is 0 Å². The number of hydrogen-bond donors (Lipinski definition) is 1. The Morgan fingerprint density at radius 2 is 0.861 bits per heavy atom. The number of unbranched alkanes of at least 4 members (excludes halogenated alkanes) is 15. The molecule has 0 radical (unpaired) electrons. The van der Waals surface area contributed by atoms with Gasteiger partial charge >= 0.3 is 0 Å². The molecule has 0 saturated carbocycles. The van der Waals surface area contributed by atoms with Crippen LogP contribution in [0, 0.1) is 6.92 Å². The highest BCUT2D eigenvalue weighted by molar-refractivity contribution is 7.85. The van der Waals surface area contributed by atoms with E-state index in [2.05, 4.69) is 20.8 Å². The van der Waals surface area contributed by atoms with E-state index in [4.69, 9.17) is 4.55 Å². The van der Waals surface area contributed by atoms with Gasteiger partial charge in [-0.3, -0.25) is 4.55 Å². The van der Waals surface area contributed by atoms with Crippen molar-refractivity contribution in [3.05, 3.63) is 29.8 Å². The molecule has 36 heavy (non-hydrogen) atoms. The van der Waals surface area contributed by atoms with E-state index >= 15 is 0 Å². The fourth-order valence-corrected chi connectivity index (χ4v) is 7.56. The summed E-state index contributed by atoms with van der Waals surface area (Å²) in [6, 6.07) is 5.99. The first-order chi connectivity index (χ1) is 17.3. The van der Waals surface area contributed by atoms with Gasteiger partial charge in [0.25, 0.3) is 10.1 Å². The van der Waals surface area contributed by atoms with Gasteiger partial charge in [0.2, 0.25) is 0 Å². The van der Waals surface area contributed by atoms with Crippen molar-refractivity contribution in [2.75, 3.05) is 18.5 Å². The zero-order valence-corrected chi connectivity index (χ0v) is 26.0. The van der Waals surface area contributed by atoms with E-state index in [0.29, 0.717) is 7.92 Å². The molecule has 1 rings (SSSR count). The molecule has 0 aromatic heterocycles. The second-order valence-electron chi connectivity index (χ2n) is 10.4. The lowest BCUT2D eigenvalue weighted by atomic mass is 10.1. The maximum absolute atomic E-state index is 10.5. The highest BCUT2D eigenvalue weighted by Crippen LogP contribution is 2.39. The molecular formula is C31H59O3PS. The summed E-state index contributed by atoms with van der Waals surface area (Å²) in [5.74, 6) is 0. The van der Waals surface area contributed by atoms with Crippen molar-refractivity contribution < 1.29 is 13.0 Å². The van der Waals surface area contributed by atoms with Crippen LogP contribution in [0.25, 0.3) is 0 Å². The molecule has 0 amide bonds. The van der Waals surface area contributed by atoms with Gasteiger partial charge in [0.15, 0.2) is 0 Å². The van der Waals surface area contributed by atoms with Gasteiger partial charge in [-0.2, -0.15) is 8.42 Å². The first-order valence-electron chi connectivity index (χ1n) is 15.1. The molecule has 0 atom stereocenters. The van der Waals surface area contributed by atoms with Crippen molar-refractivity contribution in [3.63, 3.8) is 0 Å². The summed E-state index contributed by atoms with van der Waals surface area (Å²) in [5.41, 5.74) is 0.956. The normalized spacial score (nSPS) is 11.5. The second kappa shape index (κ2) is 24.9. The molecule has 0 aliphatic rings. The molecule has 1 aromatic rings. The Morgan fingerprint density at radius 3 is 1.17 bits per heavy atom. The summed E-state index contributed by atoms with van der Waals surface area (Å²) in [4.78, 5) is -0.0666. The van der Waals surface area contributed by atoms with Crippen LogP contribution in [0.3, 0.4) is 0 Å². The van der Waals surface area contributed by atoms with Gasteiger partial charge in [0.05, 0.1) is 4.90 Å². The van der Waals surface area contributed by atoms with E-state index in [1.807, 2.05) is 6.92 Å². The molecule has 0 aliphatic carbocycles. The van der Waals surface area contributed by atoms with Crippen molar-refractivity contribution in [3.8, 4) is 0 Å². The van der Waals surface area contributed by atoms with Crippen LogP contribution in [0.1, 0.15) is 142 Å². The topological polar surface area (TPSA) is 54.4 Å². The monoisotopic (exact) mass is 542 g/mol. The average Bonchev–Trinajstić information content (AvgIpc) is 2.85. The smallest absolute Gasteiger partial charge is 0.282 e. The van der Waals surface area contributed by atoms with Gasteiger partial charge in [-0.15, -0.1) is 7.92 Å². The van der Waals surface area contributed by atoms with Gasteiger partial charge in [-0.25, -0.2) is 0 Å². The Hall–Kier alpha value is -0.440. The SMILES string of the molecule is CCCCCCCCP(CCCCCCCC)CCCCCCCC.Cc1ccc(S(=O)(=O)O)cc1. The molecule has 1 aromatic carbocycles. The van der Waals surface area contributed by atoms with Crippen molar-refractivity contribution in [2.45, 2.75) is 148 Å². The summed E-state index contributed by atoms with van der Waals surface area (Å²) in [6.45, 7) is 8.80. The van der Waals surface area contributed by atoms with Crippen molar-refractivity contribution >= 4 is 18.0 Å². The van der Waals surface area contributed by atoms with Crippen LogP contribution in [0.2, 0.25) is 0 Å². The summed E-state index contributed by atoms with van der Waals surface area (Å²) < 4.78 is 29.6. The zero-order chi connectivity index (χ0) is 26.9. The molecule has 5 heteroatoms. The summed E-state index contributed by atoms with van der Waals surface area (Å²) >= 11 is 0. The minimum atomic E-state index is -4.02. The van der Waals surface area contributed by atoms with E-state index in [-0.39, 0.29) is 4.90 Å². The third-order valence-corrected chi connectivity index (χ3v) is 10.5. The lowest BCUT2D eigenvalue weighted by Gasteiger charge is -2.18. The third kappa shape index (κ3) is 22.7. The molecule has 0 bridgehead atoms. The quantitative estimate of drug-likeness (QED) is 0.0900. The molecule has 3 nitrogen and oxygen atoms in total. The Labute approximate surface area is 227 Å². The number of hydrogen-bond acceptors (Lipinski definition) is 2. The van der Waals surface area contributed by atoms with E-state index < -0.39 is 10.1 Å². The first-order valence-corrected chi connectivity index (χ1v) is 18.4. The van der Waals surface area contributed by atoms with E-state index in [0.717, 1.165) is 5.56 Å².